The molecule has 0 unspecified atom stereocenters. The Morgan fingerprint density at radius 2 is 1.50 bits per heavy atom. The normalized spacial score (nSPS) is 11.7. The zero-order valence-electron chi connectivity index (χ0n) is 16.8. The van der Waals surface area contributed by atoms with E-state index in [9.17, 15) is 0 Å². The molecule has 0 saturated carbocycles. The number of nitrogens with zero attached hydrogens (tertiary/aromatic N) is 1. The molecule has 3 heteroatoms. The Morgan fingerprint density at radius 1 is 0.733 bits per heavy atom. The summed E-state index contributed by atoms with van der Waals surface area (Å²) in [5, 5.41) is 2.69. The van der Waals surface area contributed by atoms with Crippen LogP contribution in [0.3, 0.4) is 0 Å². The van der Waals surface area contributed by atoms with Crippen molar-refractivity contribution >= 4 is 42.6 Å². The highest BCUT2D eigenvalue weighted by molar-refractivity contribution is 7.26. The Hall–Kier alpha value is -3.43. The number of fused-ring (bicyclic) bond motifs is 4. The summed E-state index contributed by atoms with van der Waals surface area (Å²) in [6, 6.07) is 27.8. The maximum absolute atomic E-state index is 5.93. The van der Waals surface area contributed by atoms with E-state index in [-0.39, 0.29) is 0 Å². The van der Waals surface area contributed by atoms with E-state index in [0.29, 0.717) is 5.89 Å². The van der Waals surface area contributed by atoms with E-state index in [0.717, 1.165) is 16.7 Å². The maximum atomic E-state index is 5.93. The molecule has 0 bridgehead atoms. The van der Waals surface area contributed by atoms with Crippen LogP contribution in [0.1, 0.15) is 11.1 Å². The van der Waals surface area contributed by atoms with Gasteiger partial charge in [-0.3, -0.25) is 0 Å². The number of para-hydroxylation sites is 2. The van der Waals surface area contributed by atoms with Gasteiger partial charge in [-0.25, -0.2) is 4.98 Å². The minimum atomic E-state index is 0.662. The molecule has 4 aromatic carbocycles. The summed E-state index contributed by atoms with van der Waals surface area (Å²) in [4.78, 5) is 4.62. The van der Waals surface area contributed by atoms with Crippen LogP contribution in [0.5, 0.6) is 0 Å². The van der Waals surface area contributed by atoms with E-state index < -0.39 is 0 Å². The molecule has 2 nitrogen and oxygen atoms in total. The van der Waals surface area contributed by atoms with Crippen LogP contribution in [-0.4, -0.2) is 4.98 Å². The monoisotopic (exact) mass is 405 g/mol. The second-order valence-electron chi connectivity index (χ2n) is 7.85. The fraction of sp³-hybridized carbons (Fsp3) is 0.0741. The highest BCUT2D eigenvalue weighted by Gasteiger charge is 2.13. The topological polar surface area (TPSA) is 26.0 Å². The smallest absolute Gasteiger partial charge is 0.227 e. The lowest BCUT2D eigenvalue weighted by molar-refractivity contribution is 0.620. The number of oxazole rings is 1. The van der Waals surface area contributed by atoms with Gasteiger partial charge in [0.05, 0.1) is 0 Å². The zero-order chi connectivity index (χ0) is 20.2. The van der Waals surface area contributed by atoms with Gasteiger partial charge in [0.25, 0.3) is 0 Å². The van der Waals surface area contributed by atoms with Crippen LogP contribution in [0.15, 0.2) is 83.3 Å². The molecule has 0 aliphatic rings. The van der Waals surface area contributed by atoms with Crippen molar-refractivity contribution in [2.75, 3.05) is 0 Å². The molecule has 144 valence electrons. The van der Waals surface area contributed by atoms with Crippen molar-refractivity contribution in [2.45, 2.75) is 13.8 Å². The number of hydrogen-bond donors (Lipinski definition) is 0. The summed E-state index contributed by atoms with van der Waals surface area (Å²) in [7, 11) is 0. The average molecular weight is 406 g/mol. The van der Waals surface area contributed by atoms with E-state index in [2.05, 4.69) is 73.4 Å². The molecular formula is C27H19NOS. The molecule has 0 aliphatic carbocycles. The van der Waals surface area contributed by atoms with Crippen LogP contribution >= 0.6 is 11.3 Å². The summed E-state index contributed by atoms with van der Waals surface area (Å²) >= 11 is 1.87. The number of aromatic nitrogens is 1. The van der Waals surface area contributed by atoms with E-state index in [1.165, 1.54) is 42.4 Å². The Kier molecular flexibility index (Phi) is 3.80. The Bertz CT molecular complexity index is 1520. The number of benzene rings is 4. The van der Waals surface area contributed by atoms with Crippen LogP contribution in [0.25, 0.3) is 53.9 Å². The van der Waals surface area contributed by atoms with Crippen molar-refractivity contribution < 1.29 is 4.42 Å². The first-order valence-corrected chi connectivity index (χ1v) is 10.9. The Morgan fingerprint density at radius 3 is 2.33 bits per heavy atom. The molecule has 0 spiro atoms. The Labute approximate surface area is 178 Å². The number of hydrogen-bond acceptors (Lipinski definition) is 3. The van der Waals surface area contributed by atoms with Crippen LogP contribution in [0, 0.1) is 13.8 Å². The van der Waals surface area contributed by atoms with Crippen LogP contribution in [0.2, 0.25) is 0 Å². The summed E-state index contributed by atoms with van der Waals surface area (Å²) in [5.41, 5.74) is 7.77. The highest BCUT2D eigenvalue weighted by atomic mass is 32.1. The van der Waals surface area contributed by atoms with Gasteiger partial charge in [-0.05, 0) is 79.1 Å². The molecule has 0 atom stereocenters. The lowest BCUT2D eigenvalue weighted by Gasteiger charge is -2.07. The standard InChI is InChI=1S/C27H19NOS/c1-16-7-12-25-21(13-16)22-15-17(2)14-20(26(22)30-25)18-8-10-19(11-9-18)27-28-23-5-3-4-6-24(23)29-27/h3-15H,1-2H3. The number of thiophene rings is 1. The summed E-state index contributed by atoms with van der Waals surface area (Å²) in [6.45, 7) is 4.33. The van der Waals surface area contributed by atoms with Gasteiger partial charge < -0.3 is 4.42 Å². The molecule has 0 radical (unpaired) electrons. The van der Waals surface area contributed by atoms with E-state index in [1.54, 1.807) is 0 Å². The Balaban J connectivity index is 1.49. The van der Waals surface area contributed by atoms with Crippen molar-refractivity contribution in [3.05, 3.63) is 90.0 Å². The fourth-order valence-corrected chi connectivity index (χ4v) is 5.34. The molecule has 30 heavy (non-hydrogen) atoms. The van der Waals surface area contributed by atoms with Gasteiger partial charge in [-0.1, -0.05) is 35.9 Å². The van der Waals surface area contributed by atoms with Crippen molar-refractivity contribution in [3.8, 4) is 22.6 Å². The second kappa shape index (κ2) is 6.54. The predicted octanol–water partition coefficient (Wildman–Crippen LogP) is 8.15. The van der Waals surface area contributed by atoms with Crippen molar-refractivity contribution in [3.63, 3.8) is 0 Å². The van der Waals surface area contributed by atoms with Crippen molar-refractivity contribution in [1.29, 1.82) is 0 Å². The van der Waals surface area contributed by atoms with Gasteiger partial charge in [-0.15, -0.1) is 11.3 Å². The molecule has 6 rings (SSSR count). The van der Waals surface area contributed by atoms with E-state index in [4.69, 9.17) is 4.42 Å². The van der Waals surface area contributed by atoms with Gasteiger partial charge >= 0.3 is 0 Å². The minimum Gasteiger partial charge on any atom is -0.436 e. The van der Waals surface area contributed by atoms with Crippen molar-refractivity contribution in [2.24, 2.45) is 0 Å². The van der Waals surface area contributed by atoms with E-state index in [1.807, 2.05) is 35.6 Å². The first kappa shape index (κ1) is 17.4. The maximum Gasteiger partial charge on any atom is 0.227 e. The molecule has 6 aromatic rings. The molecule has 0 fully saturated rings. The summed E-state index contributed by atoms with van der Waals surface area (Å²) in [5.74, 6) is 0.662. The molecule has 0 aliphatic heterocycles. The predicted molar refractivity (Wildman–Crippen MR) is 127 cm³/mol. The number of aryl methyl sites for hydroxylation is 2. The third-order valence-electron chi connectivity index (χ3n) is 5.61. The van der Waals surface area contributed by atoms with Gasteiger partial charge in [-0.2, -0.15) is 0 Å². The largest absolute Gasteiger partial charge is 0.436 e. The van der Waals surface area contributed by atoms with E-state index >= 15 is 0 Å². The molecule has 0 N–H and O–H groups in total. The van der Waals surface area contributed by atoms with Gasteiger partial charge in [0.2, 0.25) is 5.89 Å². The molecule has 2 heterocycles. The highest BCUT2D eigenvalue weighted by Crippen LogP contribution is 2.41. The van der Waals surface area contributed by atoms with Gasteiger partial charge in [0.15, 0.2) is 5.58 Å². The quantitative estimate of drug-likeness (QED) is 0.290. The molecule has 2 aromatic heterocycles. The summed E-state index contributed by atoms with van der Waals surface area (Å²) < 4.78 is 8.61. The minimum absolute atomic E-state index is 0.662. The van der Waals surface area contributed by atoms with Crippen LogP contribution in [0.4, 0.5) is 0 Å². The van der Waals surface area contributed by atoms with Crippen LogP contribution in [-0.2, 0) is 0 Å². The molecule has 0 amide bonds. The second-order valence-corrected chi connectivity index (χ2v) is 8.91. The number of rotatable bonds is 2. The summed E-state index contributed by atoms with van der Waals surface area (Å²) in [6.07, 6.45) is 0. The molecular weight excluding hydrogens is 386 g/mol. The van der Waals surface area contributed by atoms with Crippen molar-refractivity contribution in [1.82, 2.24) is 4.98 Å². The SMILES string of the molecule is Cc1ccc2sc3c(-c4ccc(-c5nc6ccccc6o5)cc4)cc(C)cc3c2c1. The third kappa shape index (κ3) is 2.74. The zero-order valence-corrected chi connectivity index (χ0v) is 17.6. The van der Waals surface area contributed by atoms with Gasteiger partial charge in [0, 0.05) is 25.7 Å². The lowest BCUT2D eigenvalue weighted by atomic mass is 9.99. The van der Waals surface area contributed by atoms with Crippen LogP contribution < -0.4 is 0 Å². The first-order chi connectivity index (χ1) is 14.7. The fourth-order valence-electron chi connectivity index (χ4n) is 4.14. The molecule has 0 saturated heterocycles. The van der Waals surface area contributed by atoms with Gasteiger partial charge in [0.1, 0.15) is 5.52 Å². The third-order valence-corrected chi connectivity index (χ3v) is 6.83. The lowest BCUT2D eigenvalue weighted by Crippen LogP contribution is -1.83. The average Bonchev–Trinajstić information content (AvgIpc) is 3.35. The first-order valence-electron chi connectivity index (χ1n) is 10.1.